The lowest BCUT2D eigenvalue weighted by Gasteiger charge is -2.06. The average molecular weight is 338 g/mol. The summed E-state index contributed by atoms with van der Waals surface area (Å²) < 4.78 is 33.4. The Kier molecular flexibility index (Phi) is 3.90. The molecular formula is C14H14N2O4S2. The number of oxazole rings is 1. The molecule has 0 atom stereocenters. The smallest absolute Gasteiger partial charge is 0.408 e. The van der Waals surface area contributed by atoms with Gasteiger partial charge in [-0.05, 0) is 36.1 Å². The molecule has 0 aliphatic rings. The van der Waals surface area contributed by atoms with Gasteiger partial charge in [-0.15, -0.1) is 11.3 Å². The molecule has 1 N–H and O–H groups in total. The van der Waals surface area contributed by atoms with Crippen LogP contribution in [0.25, 0.3) is 11.1 Å². The van der Waals surface area contributed by atoms with Crippen LogP contribution in [0.5, 0.6) is 0 Å². The maximum atomic E-state index is 12.3. The van der Waals surface area contributed by atoms with Crippen LogP contribution < -0.4 is 10.5 Å². The molecule has 8 heteroatoms. The molecule has 0 amide bonds. The van der Waals surface area contributed by atoms with Gasteiger partial charge in [0.25, 0.3) is 0 Å². The van der Waals surface area contributed by atoms with Crippen molar-refractivity contribution in [1.82, 2.24) is 9.29 Å². The molecule has 0 saturated heterocycles. The minimum atomic E-state index is -3.61. The van der Waals surface area contributed by atoms with Crippen LogP contribution >= 0.6 is 11.3 Å². The largest absolute Gasteiger partial charge is 0.419 e. The molecule has 2 heterocycles. The van der Waals surface area contributed by atoms with Crippen molar-refractivity contribution < 1.29 is 12.8 Å². The Morgan fingerprint density at radius 2 is 2.14 bits per heavy atom. The number of aromatic nitrogens is 1. The van der Waals surface area contributed by atoms with E-state index in [1.807, 2.05) is 17.5 Å². The van der Waals surface area contributed by atoms with Gasteiger partial charge < -0.3 is 4.42 Å². The first-order valence-electron chi connectivity index (χ1n) is 6.59. The van der Waals surface area contributed by atoms with Crippen molar-refractivity contribution in [3.8, 4) is 0 Å². The molecular weight excluding hydrogens is 324 g/mol. The molecule has 22 heavy (non-hydrogen) atoms. The summed E-state index contributed by atoms with van der Waals surface area (Å²) in [5, 5.41) is 1.96. The lowest BCUT2D eigenvalue weighted by molar-refractivity contribution is 0.528. The monoisotopic (exact) mass is 338 g/mol. The van der Waals surface area contributed by atoms with Crippen LogP contribution in [-0.4, -0.2) is 19.5 Å². The third-order valence-electron chi connectivity index (χ3n) is 3.32. The van der Waals surface area contributed by atoms with Crippen LogP contribution in [0.1, 0.15) is 4.88 Å². The number of thiophene rings is 1. The number of fused-ring (bicyclic) bond motifs is 1. The van der Waals surface area contributed by atoms with Crippen molar-refractivity contribution in [1.29, 1.82) is 0 Å². The summed E-state index contributed by atoms with van der Waals surface area (Å²) in [6.45, 7) is 0.325. The highest BCUT2D eigenvalue weighted by molar-refractivity contribution is 7.89. The van der Waals surface area contributed by atoms with Crippen molar-refractivity contribution in [2.45, 2.75) is 11.3 Å². The number of hydrogen-bond acceptors (Lipinski definition) is 5. The molecule has 3 aromatic rings. The molecule has 0 aliphatic carbocycles. The molecule has 0 saturated carbocycles. The van der Waals surface area contributed by atoms with Crippen molar-refractivity contribution in [3.05, 3.63) is 51.1 Å². The van der Waals surface area contributed by atoms with Crippen LogP contribution in [0, 0.1) is 0 Å². The predicted octanol–water partition coefficient (Wildman–Crippen LogP) is 1.71. The number of hydrogen-bond donors (Lipinski definition) is 1. The van der Waals surface area contributed by atoms with Gasteiger partial charge in [0.1, 0.15) is 0 Å². The molecule has 0 unspecified atom stereocenters. The van der Waals surface area contributed by atoms with Crippen molar-refractivity contribution in [2.75, 3.05) is 6.54 Å². The summed E-state index contributed by atoms with van der Waals surface area (Å²) in [6, 6.07) is 8.26. The van der Waals surface area contributed by atoms with Crippen LogP contribution in [0.4, 0.5) is 0 Å². The van der Waals surface area contributed by atoms with E-state index in [4.69, 9.17) is 4.42 Å². The first-order chi connectivity index (χ1) is 10.5. The lowest BCUT2D eigenvalue weighted by Crippen LogP contribution is -2.25. The SMILES string of the molecule is Cn1c(=O)oc2ccc(S(=O)(=O)NCCc3cccs3)cc21. The molecule has 0 radical (unpaired) electrons. The maximum absolute atomic E-state index is 12.3. The Labute approximate surface area is 131 Å². The molecule has 0 fully saturated rings. The van der Waals surface area contributed by atoms with E-state index in [0.717, 1.165) is 4.88 Å². The van der Waals surface area contributed by atoms with Crippen LogP contribution in [0.3, 0.4) is 0 Å². The zero-order chi connectivity index (χ0) is 15.7. The van der Waals surface area contributed by atoms with Crippen molar-refractivity contribution >= 4 is 32.5 Å². The zero-order valence-electron chi connectivity index (χ0n) is 11.8. The van der Waals surface area contributed by atoms with Crippen LogP contribution in [0.2, 0.25) is 0 Å². The second-order valence-electron chi connectivity index (χ2n) is 4.78. The van der Waals surface area contributed by atoms with E-state index < -0.39 is 15.8 Å². The van der Waals surface area contributed by atoms with E-state index in [0.29, 0.717) is 24.1 Å². The number of nitrogens with one attached hydrogen (secondary N) is 1. The number of rotatable bonds is 5. The average Bonchev–Trinajstić information content (AvgIpc) is 3.08. The predicted molar refractivity (Wildman–Crippen MR) is 84.7 cm³/mol. The third-order valence-corrected chi connectivity index (χ3v) is 5.71. The van der Waals surface area contributed by atoms with Gasteiger partial charge in [-0.2, -0.15) is 0 Å². The molecule has 3 rings (SSSR count). The first-order valence-corrected chi connectivity index (χ1v) is 8.95. The summed E-state index contributed by atoms with van der Waals surface area (Å²) in [7, 11) is -2.08. The quantitative estimate of drug-likeness (QED) is 0.768. The number of sulfonamides is 1. The highest BCUT2D eigenvalue weighted by Crippen LogP contribution is 2.18. The summed E-state index contributed by atoms with van der Waals surface area (Å²) in [5.41, 5.74) is 0.816. The summed E-state index contributed by atoms with van der Waals surface area (Å²) >= 11 is 1.59. The lowest BCUT2D eigenvalue weighted by atomic mass is 10.3. The van der Waals surface area contributed by atoms with E-state index in [2.05, 4.69) is 4.72 Å². The van der Waals surface area contributed by atoms with E-state index in [9.17, 15) is 13.2 Å². The van der Waals surface area contributed by atoms with Gasteiger partial charge in [-0.25, -0.2) is 17.9 Å². The highest BCUT2D eigenvalue weighted by atomic mass is 32.2. The van der Waals surface area contributed by atoms with E-state index in [1.165, 1.54) is 29.8 Å². The van der Waals surface area contributed by atoms with Gasteiger partial charge in [0.05, 0.1) is 10.4 Å². The topological polar surface area (TPSA) is 81.3 Å². The normalized spacial score (nSPS) is 12.0. The summed E-state index contributed by atoms with van der Waals surface area (Å²) in [4.78, 5) is 12.7. The Morgan fingerprint density at radius 1 is 1.32 bits per heavy atom. The zero-order valence-corrected chi connectivity index (χ0v) is 13.4. The van der Waals surface area contributed by atoms with E-state index in [1.54, 1.807) is 11.3 Å². The number of benzene rings is 1. The van der Waals surface area contributed by atoms with Gasteiger partial charge in [-0.3, -0.25) is 4.57 Å². The molecule has 116 valence electrons. The molecule has 0 aliphatic heterocycles. The first kappa shape index (κ1) is 15.0. The molecule has 0 bridgehead atoms. The Bertz CT molecular complexity index is 953. The van der Waals surface area contributed by atoms with Crippen molar-refractivity contribution in [2.24, 2.45) is 7.05 Å². The molecule has 2 aromatic heterocycles. The minimum absolute atomic E-state index is 0.113. The molecule has 6 nitrogen and oxygen atoms in total. The summed E-state index contributed by atoms with van der Waals surface area (Å²) in [6.07, 6.45) is 0.642. The Hall–Kier alpha value is -1.90. The summed E-state index contributed by atoms with van der Waals surface area (Å²) in [5.74, 6) is -0.518. The fourth-order valence-electron chi connectivity index (χ4n) is 2.12. The fourth-order valence-corrected chi connectivity index (χ4v) is 3.88. The standard InChI is InChI=1S/C14H14N2O4S2/c1-16-12-9-11(4-5-13(12)20-14(16)17)22(18,19)15-7-6-10-3-2-8-21-10/h2-5,8-9,15H,6-7H2,1H3. The number of nitrogens with zero attached hydrogens (tertiary/aromatic N) is 1. The Morgan fingerprint density at radius 3 is 2.86 bits per heavy atom. The second-order valence-corrected chi connectivity index (χ2v) is 7.58. The van der Waals surface area contributed by atoms with Gasteiger partial charge in [0.15, 0.2) is 5.58 Å². The highest BCUT2D eigenvalue weighted by Gasteiger charge is 2.16. The second kappa shape index (κ2) is 5.71. The minimum Gasteiger partial charge on any atom is -0.408 e. The van der Waals surface area contributed by atoms with Crippen LogP contribution in [0.15, 0.2) is 49.8 Å². The number of aryl methyl sites for hydroxylation is 1. The van der Waals surface area contributed by atoms with E-state index in [-0.39, 0.29) is 4.90 Å². The van der Waals surface area contributed by atoms with Crippen molar-refractivity contribution in [3.63, 3.8) is 0 Å². The van der Waals surface area contributed by atoms with Crippen LogP contribution in [-0.2, 0) is 23.5 Å². The maximum Gasteiger partial charge on any atom is 0.419 e. The van der Waals surface area contributed by atoms with Gasteiger partial charge >= 0.3 is 5.76 Å². The van der Waals surface area contributed by atoms with Gasteiger partial charge in [0.2, 0.25) is 10.0 Å². The third kappa shape index (κ3) is 2.85. The fraction of sp³-hybridized carbons (Fsp3) is 0.214. The molecule has 1 aromatic carbocycles. The van der Waals surface area contributed by atoms with E-state index >= 15 is 0 Å². The van der Waals surface area contributed by atoms with Gasteiger partial charge in [-0.1, -0.05) is 6.07 Å². The van der Waals surface area contributed by atoms with Gasteiger partial charge in [0, 0.05) is 18.5 Å². The molecule has 0 spiro atoms. The Balaban J connectivity index is 1.82.